The molecule has 0 saturated heterocycles. The summed E-state index contributed by atoms with van der Waals surface area (Å²) in [6, 6.07) is 6.90. The van der Waals surface area contributed by atoms with E-state index >= 15 is 0 Å². The van der Waals surface area contributed by atoms with E-state index in [4.69, 9.17) is 10.6 Å². The maximum Gasteiger partial charge on any atom is 0.265 e. The highest BCUT2D eigenvalue weighted by Gasteiger charge is 2.05. The van der Waals surface area contributed by atoms with Crippen LogP contribution in [0, 0.1) is 0 Å². The number of nitrogens with zero attached hydrogens (tertiary/aromatic N) is 1. The van der Waals surface area contributed by atoms with Crippen LogP contribution in [0.5, 0.6) is 5.75 Å². The summed E-state index contributed by atoms with van der Waals surface area (Å²) < 4.78 is 5.63. The Bertz CT molecular complexity index is 450. The summed E-state index contributed by atoms with van der Waals surface area (Å²) in [6.07, 6.45) is 3.69. The van der Waals surface area contributed by atoms with Crippen molar-refractivity contribution >= 4 is 5.91 Å². The topological polar surface area (TPSA) is 67.6 Å². The van der Waals surface area contributed by atoms with Crippen LogP contribution in [0.15, 0.2) is 49.6 Å². The molecule has 5 heteroatoms. The lowest BCUT2D eigenvalue weighted by Crippen LogP contribution is -2.30. The predicted octanol–water partition coefficient (Wildman–Crippen LogP) is 1.34. The maximum atomic E-state index is 11.4. The Kier molecular flexibility index (Phi) is 7.10. The van der Waals surface area contributed by atoms with Gasteiger partial charge >= 0.3 is 0 Å². The first-order valence-electron chi connectivity index (χ1n) is 6.39. The molecule has 1 aromatic carbocycles. The fourth-order valence-corrected chi connectivity index (χ4v) is 1.73. The van der Waals surface area contributed by atoms with Gasteiger partial charge in [0, 0.05) is 25.2 Å². The molecule has 0 bridgehead atoms. The van der Waals surface area contributed by atoms with Gasteiger partial charge in [-0.05, 0) is 18.2 Å². The molecule has 0 aliphatic heterocycles. The number of carbonyl (C=O) groups is 1. The van der Waals surface area contributed by atoms with Gasteiger partial charge in [-0.1, -0.05) is 18.2 Å². The molecule has 20 heavy (non-hydrogen) atoms. The summed E-state index contributed by atoms with van der Waals surface area (Å²) in [5.74, 6) is 5.40. The number of ether oxygens (including phenoxy) is 1. The average Bonchev–Trinajstić information content (AvgIpc) is 2.47. The molecule has 0 fully saturated rings. The Morgan fingerprint density at radius 1 is 1.35 bits per heavy atom. The minimum Gasteiger partial charge on any atom is -0.492 e. The van der Waals surface area contributed by atoms with Gasteiger partial charge in [0.1, 0.15) is 12.4 Å². The molecule has 5 nitrogen and oxygen atoms in total. The van der Waals surface area contributed by atoms with Crippen molar-refractivity contribution in [2.24, 2.45) is 5.84 Å². The second-order valence-electron chi connectivity index (χ2n) is 4.19. The molecule has 1 rings (SSSR count). The minimum atomic E-state index is -0.338. The van der Waals surface area contributed by atoms with Crippen LogP contribution in [0.1, 0.15) is 10.4 Å². The summed E-state index contributed by atoms with van der Waals surface area (Å²) in [4.78, 5) is 13.5. The molecule has 0 spiro atoms. The number of hydrogen-bond donors (Lipinski definition) is 2. The molecule has 1 aromatic rings. The van der Waals surface area contributed by atoms with Gasteiger partial charge in [0.25, 0.3) is 5.91 Å². The summed E-state index contributed by atoms with van der Waals surface area (Å²) in [6.45, 7) is 10.3. The van der Waals surface area contributed by atoms with Crippen LogP contribution in [-0.4, -0.2) is 37.0 Å². The predicted molar refractivity (Wildman–Crippen MR) is 80.4 cm³/mol. The van der Waals surface area contributed by atoms with Crippen molar-refractivity contribution in [3.63, 3.8) is 0 Å². The number of nitrogens with two attached hydrogens (primary N) is 1. The zero-order valence-corrected chi connectivity index (χ0v) is 11.5. The molecule has 0 heterocycles. The molecular formula is C15H21N3O2. The Morgan fingerprint density at radius 2 is 2.05 bits per heavy atom. The first kappa shape index (κ1) is 15.9. The molecule has 0 unspecified atom stereocenters. The molecule has 0 aromatic heterocycles. The zero-order chi connectivity index (χ0) is 14.8. The monoisotopic (exact) mass is 275 g/mol. The molecule has 0 aliphatic rings. The molecule has 3 N–H and O–H groups in total. The number of nitrogen functional groups attached to an aromatic ring is 1. The Morgan fingerprint density at radius 3 is 2.65 bits per heavy atom. The van der Waals surface area contributed by atoms with E-state index in [-0.39, 0.29) is 5.91 Å². The van der Waals surface area contributed by atoms with Crippen LogP contribution < -0.4 is 16.0 Å². The van der Waals surface area contributed by atoms with Crippen molar-refractivity contribution < 1.29 is 9.53 Å². The van der Waals surface area contributed by atoms with E-state index in [0.717, 1.165) is 19.6 Å². The van der Waals surface area contributed by atoms with Gasteiger partial charge in [-0.25, -0.2) is 5.84 Å². The maximum absolute atomic E-state index is 11.4. The second kappa shape index (κ2) is 8.90. The third kappa shape index (κ3) is 5.26. The van der Waals surface area contributed by atoms with Crippen LogP contribution in [0.3, 0.4) is 0 Å². The van der Waals surface area contributed by atoms with E-state index in [1.165, 1.54) is 0 Å². The van der Waals surface area contributed by atoms with E-state index < -0.39 is 0 Å². The van der Waals surface area contributed by atoms with Gasteiger partial charge in [-0.2, -0.15) is 0 Å². The minimum absolute atomic E-state index is 0.338. The van der Waals surface area contributed by atoms with Crippen molar-refractivity contribution in [3.05, 3.63) is 55.1 Å². The summed E-state index contributed by atoms with van der Waals surface area (Å²) in [5.41, 5.74) is 2.56. The Labute approximate surface area is 119 Å². The SMILES string of the molecule is C=CCN(CC=C)CCOc1cccc(C(=O)NN)c1. The number of nitrogens with one attached hydrogen (secondary N) is 1. The van der Waals surface area contributed by atoms with E-state index in [1.807, 2.05) is 12.2 Å². The van der Waals surface area contributed by atoms with E-state index in [2.05, 4.69) is 23.5 Å². The molecule has 0 aliphatic carbocycles. The highest BCUT2D eigenvalue weighted by Crippen LogP contribution is 2.13. The molecule has 1 amide bonds. The zero-order valence-electron chi connectivity index (χ0n) is 11.5. The second-order valence-corrected chi connectivity index (χ2v) is 4.19. The standard InChI is InChI=1S/C15H21N3O2/c1-3-8-18(9-4-2)10-11-20-14-7-5-6-13(12-14)15(19)17-16/h3-7,12H,1-2,8-11,16H2,(H,17,19). The van der Waals surface area contributed by atoms with Gasteiger partial charge in [0.05, 0.1) is 0 Å². The Balaban J connectivity index is 2.50. The van der Waals surface area contributed by atoms with E-state index in [9.17, 15) is 4.79 Å². The highest BCUT2D eigenvalue weighted by atomic mass is 16.5. The van der Waals surface area contributed by atoms with Gasteiger partial charge in [-0.3, -0.25) is 15.1 Å². The van der Waals surface area contributed by atoms with Crippen LogP contribution in [0.4, 0.5) is 0 Å². The lowest BCUT2D eigenvalue weighted by molar-refractivity contribution is 0.0953. The lowest BCUT2D eigenvalue weighted by atomic mass is 10.2. The molecule has 0 saturated carbocycles. The van der Waals surface area contributed by atoms with Crippen molar-refractivity contribution in [1.29, 1.82) is 0 Å². The van der Waals surface area contributed by atoms with Gasteiger partial charge in [-0.15, -0.1) is 13.2 Å². The Hall–Kier alpha value is -2.11. The molecular weight excluding hydrogens is 254 g/mol. The highest BCUT2D eigenvalue weighted by molar-refractivity contribution is 5.94. The molecule has 0 atom stereocenters. The van der Waals surface area contributed by atoms with E-state index in [1.54, 1.807) is 24.3 Å². The fourth-order valence-electron chi connectivity index (χ4n) is 1.73. The number of carbonyl (C=O) groups excluding carboxylic acids is 1. The third-order valence-electron chi connectivity index (χ3n) is 2.68. The van der Waals surface area contributed by atoms with Crippen molar-refractivity contribution in [2.75, 3.05) is 26.2 Å². The van der Waals surface area contributed by atoms with Crippen LogP contribution in [0.25, 0.3) is 0 Å². The van der Waals surface area contributed by atoms with Crippen LogP contribution in [0.2, 0.25) is 0 Å². The number of rotatable bonds is 9. The van der Waals surface area contributed by atoms with Crippen LogP contribution >= 0.6 is 0 Å². The molecule has 108 valence electrons. The number of hydrogen-bond acceptors (Lipinski definition) is 4. The third-order valence-corrected chi connectivity index (χ3v) is 2.68. The summed E-state index contributed by atoms with van der Waals surface area (Å²) in [7, 11) is 0. The average molecular weight is 275 g/mol. The van der Waals surface area contributed by atoms with Crippen molar-refractivity contribution in [3.8, 4) is 5.75 Å². The molecule has 0 radical (unpaired) electrons. The smallest absolute Gasteiger partial charge is 0.265 e. The normalized spacial score (nSPS) is 10.1. The van der Waals surface area contributed by atoms with Crippen molar-refractivity contribution in [2.45, 2.75) is 0 Å². The largest absolute Gasteiger partial charge is 0.492 e. The number of benzene rings is 1. The summed E-state index contributed by atoms with van der Waals surface area (Å²) >= 11 is 0. The first-order chi connectivity index (χ1) is 9.71. The quantitative estimate of drug-likeness (QED) is 0.309. The number of hydrazine groups is 1. The summed E-state index contributed by atoms with van der Waals surface area (Å²) in [5, 5.41) is 0. The van der Waals surface area contributed by atoms with Gasteiger partial charge in [0.15, 0.2) is 0 Å². The number of amides is 1. The van der Waals surface area contributed by atoms with E-state index in [0.29, 0.717) is 17.9 Å². The lowest BCUT2D eigenvalue weighted by Gasteiger charge is -2.18. The van der Waals surface area contributed by atoms with Crippen LogP contribution in [-0.2, 0) is 0 Å². The van der Waals surface area contributed by atoms with Gasteiger partial charge < -0.3 is 4.74 Å². The fraction of sp³-hybridized carbons (Fsp3) is 0.267. The first-order valence-corrected chi connectivity index (χ1v) is 6.39. The van der Waals surface area contributed by atoms with Gasteiger partial charge in [0.2, 0.25) is 0 Å². The van der Waals surface area contributed by atoms with Crippen molar-refractivity contribution in [1.82, 2.24) is 10.3 Å².